The Balaban J connectivity index is 2.39. The molecule has 0 radical (unpaired) electrons. The van der Waals surface area contributed by atoms with Crippen LogP contribution in [0.25, 0.3) is 0 Å². The molecule has 0 aliphatic carbocycles. The van der Waals surface area contributed by atoms with Gasteiger partial charge < -0.3 is 0 Å². The largest absolute Gasteiger partial charge is 0.228 e. The quantitative estimate of drug-likeness (QED) is 0.665. The molecule has 1 aromatic carbocycles. The minimum absolute atomic E-state index is 0.491. The van der Waals surface area contributed by atoms with Crippen LogP contribution in [-0.4, -0.2) is 12.3 Å². The van der Waals surface area contributed by atoms with Crippen LogP contribution in [0, 0.1) is 10.8 Å². The highest BCUT2D eigenvalue weighted by Gasteiger charge is 2.19. The zero-order chi connectivity index (χ0) is 9.97. The van der Waals surface area contributed by atoms with Crippen molar-refractivity contribution in [3.8, 4) is 0 Å². The maximum absolute atomic E-state index is 10.7. The van der Waals surface area contributed by atoms with Gasteiger partial charge >= 0.3 is 0 Å². The Morgan fingerprint density at radius 2 is 2.29 bits per heavy atom. The number of nitrogens with zero attached hydrogens (tertiary/aromatic N) is 2. The highest BCUT2D eigenvalue weighted by molar-refractivity contribution is 7.99. The fourth-order valence-corrected chi connectivity index (χ4v) is 2.61. The summed E-state index contributed by atoms with van der Waals surface area (Å²) < 4.78 is 0. The van der Waals surface area contributed by atoms with Gasteiger partial charge in [0.05, 0.1) is 11.0 Å². The molecular formula is C10H12N2OS. The number of hydrogen-bond donors (Lipinski definition) is 0. The van der Waals surface area contributed by atoms with Crippen molar-refractivity contribution in [3.05, 3.63) is 29.2 Å². The summed E-state index contributed by atoms with van der Waals surface area (Å²) in [5.74, 6) is 1.54. The average Bonchev–Trinajstić information content (AvgIpc) is 2.38. The molecule has 14 heavy (non-hydrogen) atoms. The first-order valence-electron chi connectivity index (χ1n) is 4.64. The van der Waals surface area contributed by atoms with Gasteiger partial charge in [-0.25, -0.2) is 5.01 Å². The molecule has 0 aromatic heterocycles. The van der Waals surface area contributed by atoms with E-state index in [0.29, 0.717) is 12.5 Å². The van der Waals surface area contributed by atoms with Crippen molar-refractivity contribution in [1.29, 1.82) is 0 Å². The van der Waals surface area contributed by atoms with Gasteiger partial charge in [0.15, 0.2) is 0 Å². The second kappa shape index (κ2) is 4.00. The van der Waals surface area contributed by atoms with Gasteiger partial charge in [0.2, 0.25) is 0 Å². The molecule has 1 aromatic rings. The van der Waals surface area contributed by atoms with E-state index in [-0.39, 0.29) is 0 Å². The van der Waals surface area contributed by atoms with Gasteiger partial charge in [0.25, 0.3) is 0 Å². The number of para-hydroxylation sites is 1. The minimum atomic E-state index is 0.491. The van der Waals surface area contributed by atoms with Crippen molar-refractivity contribution in [2.45, 2.75) is 11.8 Å². The van der Waals surface area contributed by atoms with E-state index in [4.69, 9.17) is 0 Å². The highest BCUT2D eigenvalue weighted by atomic mass is 32.2. The third kappa shape index (κ3) is 1.75. The molecular weight excluding hydrogens is 196 g/mol. The van der Waals surface area contributed by atoms with Crippen LogP contribution in [0.1, 0.15) is 6.92 Å². The predicted molar refractivity (Wildman–Crippen MR) is 59.5 cm³/mol. The van der Waals surface area contributed by atoms with Crippen LogP contribution < -0.4 is 5.01 Å². The Bertz CT molecular complexity index is 343. The summed E-state index contributed by atoms with van der Waals surface area (Å²) in [4.78, 5) is 11.8. The molecule has 0 N–H and O–H groups in total. The number of benzene rings is 1. The molecule has 1 aliphatic rings. The first kappa shape index (κ1) is 9.52. The zero-order valence-corrected chi connectivity index (χ0v) is 8.83. The molecule has 2 rings (SSSR count). The van der Waals surface area contributed by atoms with Crippen LogP contribution in [0.15, 0.2) is 34.4 Å². The third-order valence-electron chi connectivity index (χ3n) is 2.25. The van der Waals surface area contributed by atoms with E-state index in [1.165, 1.54) is 0 Å². The van der Waals surface area contributed by atoms with Crippen LogP contribution in [0.3, 0.4) is 0 Å². The van der Waals surface area contributed by atoms with Gasteiger partial charge in [0.1, 0.15) is 0 Å². The molecule has 0 saturated carbocycles. The summed E-state index contributed by atoms with van der Waals surface area (Å²) in [7, 11) is 0. The fourth-order valence-electron chi connectivity index (χ4n) is 1.55. The molecule has 1 heterocycles. The topological polar surface area (TPSA) is 32.7 Å². The Morgan fingerprint density at radius 1 is 1.50 bits per heavy atom. The van der Waals surface area contributed by atoms with E-state index in [1.54, 1.807) is 16.8 Å². The predicted octanol–water partition coefficient (Wildman–Crippen LogP) is 2.92. The standard InChI is InChI=1S/C10H12N2OS/c1-8-6-12(11-13)9-4-2-3-5-10(9)14-7-8/h2-5,8H,6-7H2,1H3. The molecule has 0 saturated heterocycles. The maximum atomic E-state index is 10.7. The molecule has 1 unspecified atom stereocenters. The molecule has 0 bridgehead atoms. The lowest BCUT2D eigenvalue weighted by Gasteiger charge is -2.16. The third-order valence-corrected chi connectivity index (χ3v) is 3.64. The van der Waals surface area contributed by atoms with Crippen LogP contribution in [0.4, 0.5) is 5.69 Å². The van der Waals surface area contributed by atoms with Crippen molar-refractivity contribution >= 4 is 17.4 Å². The number of thioether (sulfide) groups is 1. The normalized spacial score (nSPS) is 21.2. The number of anilines is 1. The van der Waals surface area contributed by atoms with Gasteiger partial charge in [0, 0.05) is 17.2 Å². The van der Waals surface area contributed by atoms with E-state index < -0.39 is 0 Å². The Hall–Kier alpha value is -1.03. The fraction of sp³-hybridized carbons (Fsp3) is 0.400. The van der Waals surface area contributed by atoms with Gasteiger partial charge in [-0.1, -0.05) is 19.1 Å². The molecule has 0 fully saturated rings. The van der Waals surface area contributed by atoms with Crippen molar-refractivity contribution in [3.63, 3.8) is 0 Å². The van der Waals surface area contributed by atoms with Crippen molar-refractivity contribution in [2.75, 3.05) is 17.3 Å². The number of rotatable bonds is 1. The summed E-state index contributed by atoms with van der Waals surface area (Å²) in [6.45, 7) is 2.85. The number of nitroso groups, excluding NO2 is 1. The summed E-state index contributed by atoms with van der Waals surface area (Å²) >= 11 is 1.80. The van der Waals surface area contributed by atoms with Crippen LogP contribution in [0.2, 0.25) is 0 Å². The molecule has 1 aliphatic heterocycles. The number of hydrogen-bond acceptors (Lipinski definition) is 3. The molecule has 0 amide bonds. The summed E-state index contributed by atoms with van der Waals surface area (Å²) in [6, 6.07) is 7.91. The Morgan fingerprint density at radius 3 is 3.07 bits per heavy atom. The van der Waals surface area contributed by atoms with Gasteiger partial charge in [-0.15, -0.1) is 16.7 Å². The minimum Gasteiger partial charge on any atom is -0.228 e. The van der Waals surface area contributed by atoms with E-state index in [0.717, 1.165) is 16.3 Å². The molecule has 0 spiro atoms. The average molecular weight is 208 g/mol. The molecule has 3 nitrogen and oxygen atoms in total. The molecule has 4 heteroatoms. The van der Waals surface area contributed by atoms with E-state index in [1.807, 2.05) is 24.3 Å². The first-order valence-corrected chi connectivity index (χ1v) is 5.62. The van der Waals surface area contributed by atoms with Crippen molar-refractivity contribution < 1.29 is 0 Å². The first-order chi connectivity index (χ1) is 6.81. The zero-order valence-electron chi connectivity index (χ0n) is 8.01. The molecule has 1 atom stereocenters. The Kier molecular flexibility index (Phi) is 2.72. The van der Waals surface area contributed by atoms with Gasteiger partial charge in [-0.2, -0.15) is 0 Å². The highest BCUT2D eigenvalue weighted by Crippen LogP contribution is 2.35. The monoisotopic (exact) mass is 208 g/mol. The lowest BCUT2D eigenvalue weighted by Crippen LogP contribution is -2.21. The van der Waals surface area contributed by atoms with E-state index in [9.17, 15) is 4.91 Å². The van der Waals surface area contributed by atoms with Crippen LogP contribution >= 0.6 is 11.8 Å². The number of fused-ring (bicyclic) bond motifs is 1. The van der Waals surface area contributed by atoms with E-state index >= 15 is 0 Å². The van der Waals surface area contributed by atoms with Gasteiger partial charge in [-0.05, 0) is 18.1 Å². The van der Waals surface area contributed by atoms with E-state index in [2.05, 4.69) is 12.2 Å². The van der Waals surface area contributed by atoms with Crippen molar-refractivity contribution in [1.82, 2.24) is 0 Å². The summed E-state index contributed by atoms with van der Waals surface area (Å²) in [6.07, 6.45) is 0. The lowest BCUT2D eigenvalue weighted by atomic mass is 10.2. The summed E-state index contributed by atoms with van der Waals surface area (Å²) in [5.41, 5.74) is 0.942. The second-order valence-corrected chi connectivity index (χ2v) is 4.61. The second-order valence-electron chi connectivity index (χ2n) is 3.55. The SMILES string of the molecule is CC1CSc2ccccc2N(N=O)C1. The smallest absolute Gasteiger partial charge is 0.0762 e. The van der Waals surface area contributed by atoms with Gasteiger partial charge in [-0.3, -0.25) is 0 Å². The summed E-state index contributed by atoms with van der Waals surface area (Å²) in [5, 5.41) is 4.62. The molecule has 74 valence electrons. The lowest BCUT2D eigenvalue weighted by molar-refractivity contribution is 0.633. The Labute approximate surface area is 87.4 Å². The van der Waals surface area contributed by atoms with Crippen molar-refractivity contribution in [2.24, 2.45) is 11.2 Å². The van der Waals surface area contributed by atoms with Crippen LogP contribution in [-0.2, 0) is 0 Å². The maximum Gasteiger partial charge on any atom is 0.0762 e. The van der Waals surface area contributed by atoms with Crippen LogP contribution in [0.5, 0.6) is 0 Å².